The summed E-state index contributed by atoms with van der Waals surface area (Å²) in [5.74, 6) is 0. The van der Waals surface area contributed by atoms with Gasteiger partial charge in [0.25, 0.3) is 0 Å². The van der Waals surface area contributed by atoms with Gasteiger partial charge in [0, 0.05) is 0 Å². The van der Waals surface area contributed by atoms with E-state index in [1.165, 1.54) is 15.3 Å². The van der Waals surface area contributed by atoms with Crippen LogP contribution in [0.3, 0.4) is 0 Å². The van der Waals surface area contributed by atoms with E-state index in [1.54, 1.807) is 0 Å². The quantitative estimate of drug-likeness (QED) is 0.311. The minimum absolute atomic E-state index is 0.500. The van der Waals surface area contributed by atoms with E-state index in [-0.39, 0.29) is 0 Å². The summed E-state index contributed by atoms with van der Waals surface area (Å²) in [5, 5.41) is 0. The van der Waals surface area contributed by atoms with Crippen molar-refractivity contribution in [3.63, 3.8) is 0 Å². The Morgan fingerprint density at radius 2 is 2.14 bits per heavy atom. The molecule has 0 spiro atoms. The molecule has 0 aliphatic rings. The van der Waals surface area contributed by atoms with Crippen LogP contribution in [0.5, 0.6) is 0 Å². The molecule has 0 bridgehead atoms. The zero-order chi connectivity index (χ0) is 5.54. The third-order valence-corrected chi connectivity index (χ3v) is 3.79. The Bertz CT molecular complexity index is 27.3. The Hall–Kier alpha value is 0.690. The second kappa shape index (κ2) is 6.69. The predicted molar refractivity (Wildman–Crippen MR) is 29.1 cm³/mol. The van der Waals surface area contributed by atoms with Gasteiger partial charge in [-0.2, -0.15) is 0 Å². The van der Waals surface area contributed by atoms with Crippen molar-refractivity contribution in [2.45, 2.75) is 13.3 Å². The molecule has 0 atom stereocenters. The van der Waals surface area contributed by atoms with Crippen LogP contribution in [-0.4, -0.2) is 15.4 Å². The Balaban J connectivity index is 2.45. The number of rotatable bonds is 4. The first kappa shape index (κ1) is 7.69. The van der Waals surface area contributed by atoms with E-state index in [2.05, 4.69) is 6.92 Å². The number of nitrogens with two attached hydrogens (primary N) is 1. The van der Waals surface area contributed by atoms with Gasteiger partial charge in [0.2, 0.25) is 0 Å². The van der Waals surface area contributed by atoms with Crippen LogP contribution >= 0.6 is 0 Å². The van der Waals surface area contributed by atoms with Crippen LogP contribution in [0.15, 0.2) is 0 Å². The maximum absolute atomic E-state index is 5.30. The fourth-order valence-electron chi connectivity index (χ4n) is 0.305. The van der Waals surface area contributed by atoms with E-state index in [4.69, 9.17) is 5.73 Å². The molecule has 0 aliphatic heterocycles. The van der Waals surface area contributed by atoms with E-state index in [1.807, 2.05) is 0 Å². The first-order valence-electron chi connectivity index (χ1n) is 2.65. The predicted octanol–water partition coefficient (Wildman–Crippen LogP) is -2.56. The summed E-state index contributed by atoms with van der Waals surface area (Å²) < 4.78 is 2.77. The van der Waals surface area contributed by atoms with Gasteiger partial charge in [-0.15, -0.1) is 0 Å². The van der Waals surface area contributed by atoms with Gasteiger partial charge in [-0.05, 0) is 0 Å². The maximum atomic E-state index is 5.30. The van der Waals surface area contributed by atoms with Crippen LogP contribution in [0.25, 0.3) is 0 Å². The minimum atomic E-state index is 0.500. The average molecular weight is 214 g/mol. The summed E-state index contributed by atoms with van der Waals surface area (Å²) in [7, 11) is 0. The Morgan fingerprint density at radius 3 is 2.57 bits per heavy atom. The van der Waals surface area contributed by atoms with Crippen molar-refractivity contribution in [3.05, 3.63) is 0 Å². The number of alkyl halides is 2. The van der Waals surface area contributed by atoms with Gasteiger partial charge in [0.05, 0.1) is 0 Å². The monoisotopic (exact) mass is 214 g/mol. The molecular formula is C5H13IN-. The van der Waals surface area contributed by atoms with E-state index in [0.29, 0.717) is 21.2 Å². The third kappa shape index (κ3) is 6.69. The van der Waals surface area contributed by atoms with Gasteiger partial charge in [-0.1, -0.05) is 0 Å². The molecule has 0 amide bonds. The summed E-state index contributed by atoms with van der Waals surface area (Å²) in [4.78, 5) is 0. The molecule has 2 N–H and O–H groups in total. The summed E-state index contributed by atoms with van der Waals surface area (Å²) in [5.41, 5.74) is 5.30. The molecule has 0 fully saturated rings. The normalized spacial score (nSPS) is 10.0. The molecule has 7 heavy (non-hydrogen) atoms. The number of hydrogen-bond acceptors (Lipinski definition) is 1. The zero-order valence-corrected chi connectivity index (χ0v) is 6.94. The molecule has 46 valence electrons. The third-order valence-electron chi connectivity index (χ3n) is 0.565. The fraction of sp³-hybridized carbons (Fsp3) is 1.00. The van der Waals surface area contributed by atoms with Crippen LogP contribution in [0.1, 0.15) is 13.3 Å². The van der Waals surface area contributed by atoms with Gasteiger partial charge < -0.3 is 0 Å². The van der Waals surface area contributed by atoms with E-state index in [0.717, 1.165) is 6.54 Å². The second-order valence-electron chi connectivity index (χ2n) is 1.36. The van der Waals surface area contributed by atoms with Crippen LogP contribution in [-0.2, 0) is 0 Å². The summed E-state index contributed by atoms with van der Waals surface area (Å²) in [6.45, 7) is 3.14. The zero-order valence-electron chi connectivity index (χ0n) is 4.78. The van der Waals surface area contributed by atoms with E-state index >= 15 is 0 Å². The molecule has 0 aromatic rings. The van der Waals surface area contributed by atoms with Gasteiger partial charge in [-0.3, -0.25) is 0 Å². The number of halogens is 1. The SMILES string of the molecule is CCC[I-]CCN. The standard InChI is InChI=1S/C5H13IN/c1-2-3-6-4-5-7/h2-5,7H2,1H3/q-1. The van der Waals surface area contributed by atoms with Crippen molar-refractivity contribution < 1.29 is 21.2 Å². The topological polar surface area (TPSA) is 26.0 Å². The first-order valence-corrected chi connectivity index (χ1v) is 5.70. The van der Waals surface area contributed by atoms with Gasteiger partial charge in [-0.25, -0.2) is 0 Å². The molecular weight excluding hydrogens is 201 g/mol. The molecule has 0 radical (unpaired) electrons. The number of hydrogen-bond donors (Lipinski definition) is 1. The Labute approximate surface area is 55.9 Å². The van der Waals surface area contributed by atoms with Crippen molar-refractivity contribution in [2.75, 3.05) is 15.4 Å². The molecule has 0 aliphatic carbocycles. The molecule has 0 aromatic carbocycles. The second-order valence-corrected chi connectivity index (χ2v) is 4.59. The van der Waals surface area contributed by atoms with Crippen molar-refractivity contribution in [1.29, 1.82) is 0 Å². The van der Waals surface area contributed by atoms with Crippen molar-refractivity contribution in [2.24, 2.45) is 5.73 Å². The molecule has 0 unspecified atom stereocenters. The molecule has 0 heterocycles. The van der Waals surface area contributed by atoms with E-state index < -0.39 is 0 Å². The van der Waals surface area contributed by atoms with Gasteiger partial charge in [0.1, 0.15) is 0 Å². The Kier molecular flexibility index (Phi) is 7.35. The fourth-order valence-corrected chi connectivity index (χ4v) is 2.05. The van der Waals surface area contributed by atoms with Gasteiger partial charge in [0.15, 0.2) is 0 Å². The average Bonchev–Trinajstić information content (AvgIpc) is 1.69. The molecule has 1 nitrogen and oxygen atoms in total. The summed E-state index contributed by atoms with van der Waals surface area (Å²) in [6, 6.07) is 0. The van der Waals surface area contributed by atoms with Crippen molar-refractivity contribution >= 4 is 0 Å². The van der Waals surface area contributed by atoms with Crippen LogP contribution in [0, 0.1) is 0 Å². The van der Waals surface area contributed by atoms with Crippen LogP contribution in [0.4, 0.5) is 0 Å². The van der Waals surface area contributed by atoms with Crippen molar-refractivity contribution in [3.8, 4) is 0 Å². The molecule has 0 rings (SSSR count). The van der Waals surface area contributed by atoms with Crippen molar-refractivity contribution in [1.82, 2.24) is 0 Å². The molecule has 0 saturated heterocycles. The summed E-state index contributed by atoms with van der Waals surface area (Å²) >= 11 is 0.500. The van der Waals surface area contributed by atoms with Crippen LogP contribution in [0.2, 0.25) is 0 Å². The van der Waals surface area contributed by atoms with Crippen LogP contribution < -0.4 is 26.9 Å². The first-order chi connectivity index (χ1) is 3.41. The molecule has 2 heteroatoms. The molecule has 0 aromatic heterocycles. The summed E-state index contributed by atoms with van der Waals surface area (Å²) in [6.07, 6.45) is 1.35. The van der Waals surface area contributed by atoms with Gasteiger partial charge >= 0.3 is 55.7 Å². The molecule has 0 saturated carbocycles. The van der Waals surface area contributed by atoms with E-state index in [9.17, 15) is 0 Å². The Morgan fingerprint density at radius 1 is 1.43 bits per heavy atom.